The van der Waals surface area contributed by atoms with Crippen LogP contribution in [-0.4, -0.2) is 35.1 Å². The fourth-order valence-corrected chi connectivity index (χ4v) is 4.27. The lowest BCUT2D eigenvalue weighted by molar-refractivity contribution is 0.00377. The van der Waals surface area contributed by atoms with Crippen LogP contribution in [0.5, 0.6) is 0 Å². The first-order chi connectivity index (χ1) is 9.50. The average molecular weight is 293 g/mol. The zero-order valence-electron chi connectivity index (χ0n) is 13.1. The second-order valence-corrected chi connectivity index (χ2v) is 8.11. The number of nitrogens with one attached hydrogen (secondary N) is 1. The summed E-state index contributed by atoms with van der Waals surface area (Å²) >= 11 is 1.79. The summed E-state index contributed by atoms with van der Waals surface area (Å²) < 4.78 is 0. The van der Waals surface area contributed by atoms with Crippen molar-refractivity contribution in [3.05, 3.63) is 16.6 Å². The van der Waals surface area contributed by atoms with Crippen LogP contribution in [0.15, 0.2) is 11.6 Å². The van der Waals surface area contributed by atoms with E-state index in [9.17, 15) is 0 Å². The maximum absolute atomic E-state index is 4.60. The highest BCUT2D eigenvalue weighted by atomic mass is 32.1. The summed E-state index contributed by atoms with van der Waals surface area (Å²) in [6, 6.07) is 1.29. The van der Waals surface area contributed by atoms with Gasteiger partial charge in [-0.05, 0) is 38.5 Å². The molecule has 0 bridgehead atoms. The Bertz CT molecular complexity index is 437. The molecule has 4 heteroatoms. The van der Waals surface area contributed by atoms with Crippen LogP contribution in [0.3, 0.4) is 0 Å². The van der Waals surface area contributed by atoms with Crippen LogP contribution in [0.4, 0.5) is 0 Å². The molecular formula is C16H27N3S. The largest absolute Gasteiger partial charge is 0.311 e. The molecule has 1 aliphatic heterocycles. The van der Waals surface area contributed by atoms with Crippen LogP contribution in [0.1, 0.15) is 45.5 Å². The number of rotatable bonds is 4. The third kappa shape index (κ3) is 2.66. The fraction of sp³-hybridized carbons (Fsp3) is 0.812. The average Bonchev–Trinajstić information content (AvgIpc) is 3.11. The van der Waals surface area contributed by atoms with Gasteiger partial charge in [-0.2, -0.15) is 0 Å². The summed E-state index contributed by atoms with van der Waals surface area (Å²) in [6.45, 7) is 11.7. The van der Waals surface area contributed by atoms with E-state index in [2.05, 4.69) is 48.3 Å². The van der Waals surface area contributed by atoms with Gasteiger partial charge in [-0.1, -0.05) is 13.8 Å². The maximum Gasteiger partial charge on any atom is 0.112 e. The number of piperazine rings is 1. The first kappa shape index (κ1) is 14.5. The van der Waals surface area contributed by atoms with Crippen molar-refractivity contribution in [3.8, 4) is 0 Å². The maximum atomic E-state index is 4.60. The third-order valence-electron chi connectivity index (χ3n) is 5.02. The molecule has 1 saturated heterocycles. The molecule has 2 atom stereocenters. The van der Waals surface area contributed by atoms with E-state index >= 15 is 0 Å². The Hall–Kier alpha value is -0.450. The Morgan fingerprint density at radius 2 is 2.15 bits per heavy atom. The van der Waals surface area contributed by atoms with Gasteiger partial charge in [-0.3, -0.25) is 4.90 Å². The molecule has 2 heterocycles. The first-order valence-corrected chi connectivity index (χ1v) is 8.78. The normalized spacial score (nSPS) is 29.1. The summed E-state index contributed by atoms with van der Waals surface area (Å²) in [5, 5.41) is 7.15. The molecule has 112 valence electrons. The molecule has 3 rings (SSSR count). The highest BCUT2D eigenvalue weighted by Gasteiger charge is 2.44. The van der Waals surface area contributed by atoms with E-state index in [1.54, 1.807) is 11.3 Å². The van der Waals surface area contributed by atoms with Gasteiger partial charge >= 0.3 is 0 Å². The van der Waals surface area contributed by atoms with Gasteiger partial charge in [0.2, 0.25) is 0 Å². The Morgan fingerprint density at radius 3 is 2.70 bits per heavy atom. The molecule has 0 amide bonds. The monoisotopic (exact) mass is 293 g/mol. The van der Waals surface area contributed by atoms with E-state index in [4.69, 9.17) is 0 Å². The molecule has 1 saturated carbocycles. The molecule has 0 spiro atoms. The second kappa shape index (κ2) is 5.39. The molecule has 1 aromatic heterocycles. The fourth-order valence-electron chi connectivity index (χ4n) is 3.50. The Labute approximate surface area is 126 Å². The number of aromatic nitrogens is 1. The van der Waals surface area contributed by atoms with Gasteiger partial charge in [-0.25, -0.2) is 4.98 Å². The topological polar surface area (TPSA) is 28.2 Å². The molecule has 1 aliphatic carbocycles. The van der Waals surface area contributed by atoms with Gasteiger partial charge < -0.3 is 5.32 Å². The summed E-state index contributed by atoms with van der Waals surface area (Å²) in [6.07, 6.45) is 4.76. The molecule has 20 heavy (non-hydrogen) atoms. The molecule has 3 nitrogen and oxygen atoms in total. The van der Waals surface area contributed by atoms with Crippen molar-refractivity contribution in [3.63, 3.8) is 0 Å². The summed E-state index contributed by atoms with van der Waals surface area (Å²) in [4.78, 5) is 7.32. The summed E-state index contributed by atoms with van der Waals surface area (Å²) in [5.74, 6) is 1.58. The lowest BCUT2D eigenvalue weighted by Gasteiger charge is -2.50. The van der Waals surface area contributed by atoms with Crippen molar-refractivity contribution in [2.24, 2.45) is 11.8 Å². The van der Waals surface area contributed by atoms with Crippen molar-refractivity contribution in [1.82, 2.24) is 15.2 Å². The minimum Gasteiger partial charge on any atom is -0.311 e. The second-order valence-electron chi connectivity index (χ2n) is 7.21. The van der Waals surface area contributed by atoms with E-state index < -0.39 is 0 Å². The van der Waals surface area contributed by atoms with Crippen LogP contribution in [0, 0.1) is 11.8 Å². The Kier molecular flexibility index (Phi) is 3.91. The van der Waals surface area contributed by atoms with Crippen molar-refractivity contribution in [1.29, 1.82) is 0 Å². The van der Waals surface area contributed by atoms with Crippen molar-refractivity contribution in [2.45, 2.75) is 58.2 Å². The van der Waals surface area contributed by atoms with Crippen LogP contribution in [-0.2, 0) is 5.54 Å². The molecule has 1 N–H and O–H groups in total. The number of hydrogen-bond donors (Lipinski definition) is 1. The number of nitrogens with zero attached hydrogens (tertiary/aromatic N) is 2. The summed E-state index contributed by atoms with van der Waals surface area (Å²) in [5.41, 5.74) is 0.0400. The highest BCUT2D eigenvalue weighted by Crippen LogP contribution is 2.39. The van der Waals surface area contributed by atoms with E-state index in [1.807, 2.05) is 6.20 Å². The Morgan fingerprint density at radius 1 is 1.40 bits per heavy atom. The smallest absolute Gasteiger partial charge is 0.112 e. The van der Waals surface area contributed by atoms with E-state index in [1.165, 1.54) is 24.4 Å². The molecule has 2 unspecified atom stereocenters. The van der Waals surface area contributed by atoms with Gasteiger partial charge in [0, 0.05) is 36.8 Å². The third-order valence-corrected chi connectivity index (χ3v) is 6.10. The lowest BCUT2D eigenvalue weighted by Crippen LogP contribution is -2.63. The first-order valence-electron chi connectivity index (χ1n) is 7.90. The van der Waals surface area contributed by atoms with Crippen LogP contribution in [0.2, 0.25) is 0 Å². The molecule has 1 aromatic rings. The van der Waals surface area contributed by atoms with Gasteiger partial charge in [0.15, 0.2) is 0 Å². The molecule has 0 radical (unpaired) electrons. The standard InChI is InChI=1S/C16H27N3S/c1-11(2)14-9-18-13(12-5-6-12)10-19(14)16(3,4)15-17-7-8-20-15/h7-8,11-14,18H,5-6,9-10H2,1-4H3. The van der Waals surface area contributed by atoms with Crippen molar-refractivity contribution >= 4 is 11.3 Å². The Balaban J connectivity index is 1.84. The van der Waals surface area contributed by atoms with Gasteiger partial charge in [0.1, 0.15) is 5.01 Å². The highest BCUT2D eigenvalue weighted by molar-refractivity contribution is 7.09. The minimum atomic E-state index is 0.0400. The predicted octanol–water partition coefficient (Wildman–Crippen LogP) is 3.09. The van der Waals surface area contributed by atoms with E-state index in [-0.39, 0.29) is 5.54 Å². The lowest BCUT2D eigenvalue weighted by atomic mass is 9.90. The van der Waals surface area contributed by atoms with E-state index in [0.29, 0.717) is 18.0 Å². The van der Waals surface area contributed by atoms with Gasteiger partial charge in [0.25, 0.3) is 0 Å². The van der Waals surface area contributed by atoms with Crippen LogP contribution < -0.4 is 5.32 Å². The van der Waals surface area contributed by atoms with Crippen molar-refractivity contribution in [2.75, 3.05) is 13.1 Å². The molecule has 0 aromatic carbocycles. The van der Waals surface area contributed by atoms with Crippen molar-refractivity contribution < 1.29 is 0 Å². The molecule has 2 fully saturated rings. The predicted molar refractivity (Wildman–Crippen MR) is 85.0 cm³/mol. The number of thiazole rings is 1. The zero-order valence-corrected chi connectivity index (χ0v) is 13.9. The summed E-state index contributed by atoms with van der Waals surface area (Å²) in [7, 11) is 0. The quantitative estimate of drug-likeness (QED) is 0.924. The van der Waals surface area contributed by atoms with Crippen LogP contribution in [0.25, 0.3) is 0 Å². The number of hydrogen-bond acceptors (Lipinski definition) is 4. The van der Waals surface area contributed by atoms with Gasteiger partial charge in [-0.15, -0.1) is 11.3 Å². The molecular weight excluding hydrogens is 266 g/mol. The SMILES string of the molecule is CC(C)C1CNC(C2CC2)CN1C(C)(C)c1nccs1. The van der Waals surface area contributed by atoms with Crippen LogP contribution >= 0.6 is 11.3 Å². The molecule has 2 aliphatic rings. The minimum absolute atomic E-state index is 0.0400. The zero-order chi connectivity index (χ0) is 14.3. The van der Waals surface area contributed by atoms with E-state index in [0.717, 1.165) is 12.5 Å². The van der Waals surface area contributed by atoms with Gasteiger partial charge in [0.05, 0.1) is 5.54 Å².